The second kappa shape index (κ2) is 8.27. The Morgan fingerprint density at radius 1 is 1.19 bits per heavy atom. The molecule has 0 unspecified atom stereocenters. The fourth-order valence-corrected chi connectivity index (χ4v) is 4.34. The number of nitro groups is 1. The number of ether oxygens (including phenoxy) is 1. The van der Waals surface area contributed by atoms with Crippen LogP contribution in [0.4, 0.5) is 10.5 Å². The summed E-state index contributed by atoms with van der Waals surface area (Å²) < 4.78 is 7.53. The summed E-state index contributed by atoms with van der Waals surface area (Å²) in [5.41, 5.74) is 2.35. The van der Waals surface area contributed by atoms with Crippen LogP contribution in [0.3, 0.4) is 0 Å². The second-order valence-electron chi connectivity index (χ2n) is 8.55. The Balaban J connectivity index is 1.41. The van der Waals surface area contributed by atoms with E-state index in [0.29, 0.717) is 13.1 Å². The lowest BCUT2D eigenvalue weighted by Gasteiger charge is -2.35. The summed E-state index contributed by atoms with van der Waals surface area (Å²) in [6.07, 6.45) is 1.71. The standard InChI is InChI=1S/C21H25N5O4S/c1-21(2,3)30-20(27)24-10-8-23(9-11-24)12-17-14-31-19-22-18(13-25(17)19)15-4-6-16(7-5-15)26(28)29/h4-7,13-14H,8-12H2,1-3H3. The predicted molar refractivity (Wildman–Crippen MR) is 118 cm³/mol. The lowest BCUT2D eigenvalue weighted by Crippen LogP contribution is -2.49. The van der Waals surface area contributed by atoms with E-state index in [1.807, 2.05) is 27.0 Å². The molecule has 0 radical (unpaired) electrons. The van der Waals surface area contributed by atoms with Crippen LogP contribution in [0.1, 0.15) is 26.5 Å². The number of nitro benzene ring substituents is 1. The Morgan fingerprint density at radius 2 is 1.87 bits per heavy atom. The molecule has 0 aliphatic carbocycles. The van der Waals surface area contributed by atoms with Crippen LogP contribution in [0.2, 0.25) is 0 Å². The third kappa shape index (κ3) is 4.86. The number of non-ortho nitro benzene ring substituents is 1. The highest BCUT2D eigenvalue weighted by Gasteiger charge is 2.26. The Hall–Kier alpha value is -2.98. The first kappa shape index (κ1) is 21.3. The van der Waals surface area contributed by atoms with Crippen molar-refractivity contribution in [1.29, 1.82) is 0 Å². The zero-order valence-electron chi connectivity index (χ0n) is 17.8. The lowest BCUT2D eigenvalue weighted by atomic mass is 10.1. The van der Waals surface area contributed by atoms with Gasteiger partial charge in [0.25, 0.3) is 5.69 Å². The first-order valence-corrected chi connectivity index (χ1v) is 11.0. The molecule has 1 saturated heterocycles. The van der Waals surface area contributed by atoms with Gasteiger partial charge >= 0.3 is 6.09 Å². The van der Waals surface area contributed by atoms with Crippen LogP contribution in [-0.4, -0.2) is 62.0 Å². The minimum atomic E-state index is -0.487. The first-order valence-electron chi connectivity index (χ1n) is 10.1. The van der Waals surface area contributed by atoms with Crippen LogP contribution in [0.15, 0.2) is 35.8 Å². The smallest absolute Gasteiger partial charge is 0.410 e. The number of rotatable bonds is 4. The number of thiazole rings is 1. The van der Waals surface area contributed by atoms with Gasteiger partial charge in [-0.15, -0.1) is 11.3 Å². The molecular formula is C21H25N5O4S. The molecular weight excluding hydrogens is 418 g/mol. The molecule has 0 spiro atoms. The number of aromatic nitrogens is 2. The number of carbonyl (C=O) groups excluding carboxylic acids is 1. The topological polar surface area (TPSA) is 93.2 Å². The summed E-state index contributed by atoms with van der Waals surface area (Å²) >= 11 is 1.57. The molecule has 164 valence electrons. The molecule has 0 bridgehead atoms. The molecule has 31 heavy (non-hydrogen) atoms. The molecule has 1 aliphatic rings. The summed E-state index contributed by atoms with van der Waals surface area (Å²) in [5, 5.41) is 13.0. The third-order valence-corrected chi connectivity index (χ3v) is 5.96. The van der Waals surface area contributed by atoms with Gasteiger partial charge in [0.1, 0.15) is 5.60 Å². The van der Waals surface area contributed by atoms with Gasteiger partial charge in [-0.25, -0.2) is 9.78 Å². The number of benzene rings is 1. The maximum Gasteiger partial charge on any atom is 0.410 e. The van der Waals surface area contributed by atoms with E-state index in [4.69, 9.17) is 4.74 Å². The highest BCUT2D eigenvalue weighted by molar-refractivity contribution is 7.15. The van der Waals surface area contributed by atoms with Gasteiger partial charge in [-0.2, -0.15) is 0 Å². The average Bonchev–Trinajstić information content (AvgIpc) is 3.29. The molecule has 0 N–H and O–H groups in total. The van der Waals surface area contributed by atoms with E-state index in [1.54, 1.807) is 28.4 Å². The summed E-state index contributed by atoms with van der Waals surface area (Å²) in [5.74, 6) is 0. The molecule has 1 aliphatic heterocycles. The number of fused-ring (bicyclic) bond motifs is 1. The van der Waals surface area contributed by atoms with Gasteiger partial charge in [-0.05, 0) is 32.9 Å². The Labute approximate surface area is 184 Å². The number of piperazine rings is 1. The minimum Gasteiger partial charge on any atom is -0.444 e. The minimum absolute atomic E-state index is 0.0657. The second-order valence-corrected chi connectivity index (χ2v) is 9.39. The van der Waals surface area contributed by atoms with Crippen LogP contribution in [0.5, 0.6) is 0 Å². The first-order chi connectivity index (χ1) is 14.7. The SMILES string of the molecule is CC(C)(C)OC(=O)N1CCN(Cc2csc3nc(-c4ccc([N+](=O)[O-])cc4)cn23)CC1. The van der Waals surface area contributed by atoms with Gasteiger partial charge in [-0.3, -0.25) is 19.4 Å². The van der Waals surface area contributed by atoms with E-state index in [-0.39, 0.29) is 11.8 Å². The van der Waals surface area contributed by atoms with E-state index in [0.717, 1.165) is 41.5 Å². The summed E-state index contributed by atoms with van der Waals surface area (Å²) in [7, 11) is 0. The normalized spacial score (nSPS) is 15.4. The van der Waals surface area contributed by atoms with Crippen molar-refractivity contribution in [2.75, 3.05) is 26.2 Å². The number of hydrogen-bond donors (Lipinski definition) is 0. The van der Waals surface area contributed by atoms with E-state index >= 15 is 0 Å². The summed E-state index contributed by atoms with van der Waals surface area (Å²) in [6, 6.07) is 6.43. The zero-order chi connectivity index (χ0) is 22.2. The highest BCUT2D eigenvalue weighted by Crippen LogP contribution is 2.26. The van der Waals surface area contributed by atoms with Crippen LogP contribution < -0.4 is 0 Å². The third-order valence-electron chi connectivity index (χ3n) is 5.07. The molecule has 3 heterocycles. The molecule has 0 saturated carbocycles. The number of nitrogens with zero attached hydrogens (tertiary/aromatic N) is 5. The van der Waals surface area contributed by atoms with Crippen LogP contribution in [0.25, 0.3) is 16.2 Å². The summed E-state index contributed by atoms with van der Waals surface area (Å²) in [4.78, 5) is 32.3. The van der Waals surface area contributed by atoms with E-state index in [2.05, 4.69) is 19.7 Å². The molecule has 2 aromatic heterocycles. The molecule has 1 aromatic carbocycles. The predicted octanol–water partition coefficient (Wildman–Crippen LogP) is 4.02. The van der Waals surface area contributed by atoms with E-state index in [1.165, 1.54) is 12.1 Å². The van der Waals surface area contributed by atoms with E-state index in [9.17, 15) is 14.9 Å². The van der Waals surface area contributed by atoms with Crippen molar-refractivity contribution in [3.05, 3.63) is 51.7 Å². The fourth-order valence-electron chi connectivity index (χ4n) is 3.48. The quantitative estimate of drug-likeness (QED) is 0.447. The molecule has 0 atom stereocenters. The van der Waals surface area contributed by atoms with Gasteiger partial charge in [0.2, 0.25) is 0 Å². The van der Waals surface area contributed by atoms with Crippen molar-refractivity contribution >= 4 is 28.1 Å². The number of carbonyl (C=O) groups is 1. The number of hydrogen-bond acceptors (Lipinski definition) is 7. The average molecular weight is 444 g/mol. The monoisotopic (exact) mass is 443 g/mol. The van der Waals surface area contributed by atoms with Crippen molar-refractivity contribution in [2.45, 2.75) is 32.9 Å². The van der Waals surface area contributed by atoms with Gasteiger partial charge in [-0.1, -0.05) is 0 Å². The Kier molecular flexibility index (Phi) is 5.67. The molecule has 9 nitrogen and oxygen atoms in total. The van der Waals surface area contributed by atoms with Gasteiger partial charge in [0.15, 0.2) is 4.96 Å². The zero-order valence-corrected chi connectivity index (χ0v) is 18.6. The van der Waals surface area contributed by atoms with Crippen LogP contribution >= 0.6 is 11.3 Å². The molecule has 1 amide bonds. The highest BCUT2D eigenvalue weighted by atomic mass is 32.1. The van der Waals surface area contributed by atoms with Crippen LogP contribution in [0, 0.1) is 10.1 Å². The Bertz CT molecular complexity index is 1090. The van der Waals surface area contributed by atoms with Gasteiger partial charge in [0, 0.05) is 67.7 Å². The number of imidazole rings is 1. The maximum absolute atomic E-state index is 12.2. The van der Waals surface area contributed by atoms with Crippen molar-refractivity contribution in [3.63, 3.8) is 0 Å². The Morgan fingerprint density at radius 3 is 2.48 bits per heavy atom. The largest absolute Gasteiger partial charge is 0.444 e. The molecule has 3 aromatic rings. The molecule has 1 fully saturated rings. The summed E-state index contributed by atoms with van der Waals surface area (Å²) in [6.45, 7) is 9.22. The van der Waals surface area contributed by atoms with Crippen molar-refractivity contribution in [2.24, 2.45) is 0 Å². The van der Waals surface area contributed by atoms with Crippen molar-refractivity contribution < 1.29 is 14.5 Å². The van der Waals surface area contributed by atoms with Gasteiger partial charge < -0.3 is 9.64 Å². The van der Waals surface area contributed by atoms with E-state index < -0.39 is 10.5 Å². The molecule has 4 rings (SSSR count). The van der Waals surface area contributed by atoms with Crippen LogP contribution in [-0.2, 0) is 11.3 Å². The van der Waals surface area contributed by atoms with Crippen molar-refractivity contribution in [1.82, 2.24) is 19.2 Å². The lowest BCUT2D eigenvalue weighted by molar-refractivity contribution is -0.384. The fraction of sp³-hybridized carbons (Fsp3) is 0.429. The van der Waals surface area contributed by atoms with Crippen molar-refractivity contribution in [3.8, 4) is 11.3 Å². The number of amides is 1. The van der Waals surface area contributed by atoms with Gasteiger partial charge in [0.05, 0.1) is 10.6 Å². The molecule has 10 heteroatoms. The maximum atomic E-state index is 12.2.